The van der Waals surface area contributed by atoms with E-state index in [2.05, 4.69) is 34.1 Å². The molecule has 1 nitrogen and oxygen atoms in total. The highest BCUT2D eigenvalue weighted by Crippen LogP contribution is 2.32. The molecule has 1 atom stereocenters. The molecular formula is C11H13BrO. The summed E-state index contributed by atoms with van der Waals surface area (Å²) < 4.78 is 6.88. The molecule has 1 aromatic rings. The Kier molecular flexibility index (Phi) is 3.01. The smallest absolute Gasteiger partial charge is 0.0835 e. The number of halogens is 1. The van der Waals surface area contributed by atoms with Crippen molar-refractivity contribution in [2.24, 2.45) is 0 Å². The molecule has 0 radical (unpaired) electrons. The van der Waals surface area contributed by atoms with E-state index < -0.39 is 0 Å². The molecule has 70 valence electrons. The van der Waals surface area contributed by atoms with Crippen molar-refractivity contribution in [1.82, 2.24) is 0 Å². The quantitative estimate of drug-likeness (QED) is 0.728. The highest BCUT2D eigenvalue weighted by atomic mass is 79.9. The van der Waals surface area contributed by atoms with Crippen LogP contribution in [0, 0.1) is 0 Å². The van der Waals surface area contributed by atoms with Gasteiger partial charge >= 0.3 is 0 Å². The number of hydrogen-bond acceptors (Lipinski definition) is 1. The van der Waals surface area contributed by atoms with Gasteiger partial charge in [0.2, 0.25) is 0 Å². The van der Waals surface area contributed by atoms with Crippen LogP contribution >= 0.6 is 15.9 Å². The maximum Gasteiger partial charge on any atom is 0.0835 e. The van der Waals surface area contributed by atoms with Gasteiger partial charge in [-0.05, 0) is 30.9 Å². The van der Waals surface area contributed by atoms with Crippen LogP contribution in [0.4, 0.5) is 0 Å². The zero-order valence-electron chi connectivity index (χ0n) is 7.50. The van der Waals surface area contributed by atoms with Crippen molar-refractivity contribution in [3.8, 4) is 0 Å². The van der Waals surface area contributed by atoms with E-state index in [1.807, 2.05) is 6.07 Å². The number of ether oxygens (including phenoxy) is 1. The van der Waals surface area contributed by atoms with Crippen LogP contribution < -0.4 is 0 Å². The fourth-order valence-electron chi connectivity index (χ4n) is 1.72. The molecule has 2 heteroatoms. The molecular weight excluding hydrogens is 228 g/mol. The largest absolute Gasteiger partial charge is 0.373 e. The topological polar surface area (TPSA) is 9.23 Å². The van der Waals surface area contributed by atoms with Crippen molar-refractivity contribution >= 4 is 15.9 Å². The molecule has 0 spiro atoms. The molecule has 0 amide bonds. The van der Waals surface area contributed by atoms with Crippen LogP contribution in [0.1, 0.15) is 30.9 Å². The Balaban J connectivity index is 2.18. The van der Waals surface area contributed by atoms with Crippen molar-refractivity contribution in [1.29, 1.82) is 0 Å². The lowest BCUT2D eigenvalue weighted by Gasteiger charge is -2.23. The summed E-state index contributed by atoms with van der Waals surface area (Å²) in [5.41, 5.74) is 1.29. The monoisotopic (exact) mass is 240 g/mol. The summed E-state index contributed by atoms with van der Waals surface area (Å²) in [7, 11) is 0. The summed E-state index contributed by atoms with van der Waals surface area (Å²) >= 11 is 3.55. The van der Waals surface area contributed by atoms with Crippen LogP contribution in [0.5, 0.6) is 0 Å². The molecule has 0 aromatic heterocycles. The van der Waals surface area contributed by atoms with Crippen LogP contribution in [0.2, 0.25) is 0 Å². The van der Waals surface area contributed by atoms with Gasteiger partial charge in [-0.2, -0.15) is 0 Å². The summed E-state index contributed by atoms with van der Waals surface area (Å²) in [4.78, 5) is 0. The molecule has 1 saturated heterocycles. The first-order valence-corrected chi connectivity index (χ1v) is 5.53. The third kappa shape index (κ3) is 2.12. The first-order valence-electron chi connectivity index (χ1n) is 4.74. The SMILES string of the molecule is Brc1ccccc1C1CCCCO1. The van der Waals surface area contributed by atoms with E-state index >= 15 is 0 Å². The van der Waals surface area contributed by atoms with E-state index in [0.29, 0.717) is 6.10 Å². The van der Waals surface area contributed by atoms with Crippen molar-refractivity contribution in [3.63, 3.8) is 0 Å². The van der Waals surface area contributed by atoms with E-state index in [4.69, 9.17) is 4.74 Å². The van der Waals surface area contributed by atoms with Crippen LogP contribution in [0.15, 0.2) is 28.7 Å². The van der Waals surface area contributed by atoms with E-state index in [0.717, 1.165) is 13.0 Å². The molecule has 1 heterocycles. The summed E-state index contributed by atoms with van der Waals surface area (Å²) in [5.74, 6) is 0. The summed E-state index contributed by atoms with van der Waals surface area (Å²) in [5, 5.41) is 0. The van der Waals surface area contributed by atoms with E-state index in [1.165, 1.54) is 22.9 Å². The summed E-state index contributed by atoms with van der Waals surface area (Å²) in [6, 6.07) is 8.32. The van der Waals surface area contributed by atoms with Crippen molar-refractivity contribution in [3.05, 3.63) is 34.3 Å². The van der Waals surface area contributed by atoms with Crippen LogP contribution in [-0.4, -0.2) is 6.61 Å². The van der Waals surface area contributed by atoms with E-state index in [-0.39, 0.29) is 0 Å². The average molecular weight is 241 g/mol. The molecule has 1 aromatic carbocycles. The maximum absolute atomic E-state index is 5.71. The molecule has 0 aliphatic carbocycles. The highest BCUT2D eigenvalue weighted by Gasteiger charge is 2.17. The zero-order chi connectivity index (χ0) is 9.10. The van der Waals surface area contributed by atoms with E-state index in [1.54, 1.807) is 0 Å². The minimum atomic E-state index is 0.310. The van der Waals surface area contributed by atoms with Gasteiger partial charge in [-0.25, -0.2) is 0 Å². The summed E-state index contributed by atoms with van der Waals surface area (Å²) in [6.07, 6.45) is 3.96. The molecule has 1 aliphatic rings. The highest BCUT2D eigenvalue weighted by molar-refractivity contribution is 9.10. The Morgan fingerprint density at radius 3 is 2.77 bits per heavy atom. The van der Waals surface area contributed by atoms with Gasteiger partial charge in [0.1, 0.15) is 0 Å². The molecule has 0 bridgehead atoms. The number of hydrogen-bond donors (Lipinski definition) is 0. The predicted octanol–water partition coefficient (Wildman–Crippen LogP) is 3.69. The third-order valence-electron chi connectivity index (χ3n) is 2.43. The van der Waals surface area contributed by atoms with Gasteiger partial charge in [0.25, 0.3) is 0 Å². The Morgan fingerprint density at radius 2 is 2.08 bits per heavy atom. The van der Waals surface area contributed by atoms with Gasteiger partial charge < -0.3 is 4.74 Å². The predicted molar refractivity (Wildman–Crippen MR) is 56.7 cm³/mol. The standard InChI is InChI=1S/C11H13BrO/c12-10-6-2-1-5-9(10)11-7-3-4-8-13-11/h1-2,5-6,11H,3-4,7-8H2. The molecule has 0 saturated carbocycles. The van der Waals surface area contributed by atoms with Gasteiger partial charge in [0, 0.05) is 11.1 Å². The number of rotatable bonds is 1. The van der Waals surface area contributed by atoms with Gasteiger partial charge in [0.15, 0.2) is 0 Å². The summed E-state index contributed by atoms with van der Waals surface area (Å²) in [6.45, 7) is 0.909. The first kappa shape index (κ1) is 9.22. The molecule has 13 heavy (non-hydrogen) atoms. The third-order valence-corrected chi connectivity index (χ3v) is 3.15. The number of benzene rings is 1. The molecule has 1 unspecified atom stereocenters. The molecule has 0 N–H and O–H groups in total. The Bertz CT molecular complexity index is 279. The Morgan fingerprint density at radius 1 is 1.23 bits per heavy atom. The lowest BCUT2D eigenvalue weighted by Crippen LogP contribution is -2.11. The van der Waals surface area contributed by atoms with Gasteiger partial charge in [-0.15, -0.1) is 0 Å². The second-order valence-electron chi connectivity index (χ2n) is 3.38. The minimum Gasteiger partial charge on any atom is -0.373 e. The van der Waals surface area contributed by atoms with E-state index in [9.17, 15) is 0 Å². The normalized spacial score (nSPS) is 23.0. The second kappa shape index (κ2) is 4.25. The maximum atomic E-state index is 5.71. The Hall–Kier alpha value is -0.340. The molecule has 1 aliphatic heterocycles. The fraction of sp³-hybridized carbons (Fsp3) is 0.455. The average Bonchev–Trinajstić information content (AvgIpc) is 2.20. The van der Waals surface area contributed by atoms with Crippen molar-refractivity contribution < 1.29 is 4.74 Å². The first-order chi connectivity index (χ1) is 6.38. The minimum absolute atomic E-state index is 0.310. The second-order valence-corrected chi connectivity index (χ2v) is 4.23. The lowest BCUT2D eigenvalue weighted by molar-refractivity contribution is 0.0145. The van der Waals surface area contributed by atoms with Crippen molar-refractivity contribution in [2.75, 3.05) is 6.61 Å². The van der Waals surface area contributed by atoms with Gasteiger partial charge in [-0.3, -0.25) is 0 Å². The van der Waals surface area contributed by atoms with Crippen molar-refractivity contribution in [2.45, 2.75) is 25.4 Å². The molecule has 2 rings (SSSR count). The van der Waals surface area contributed by atoms with Gasteiger partial charge in [0.05, 0.1) is 6.10 Å². The Labute approximate surface area is 87.2 Å². The zero-order valence-corrected chi connectivity index (χ0v) is 9.09. The lowest BCUT2D eigenvalue weighted by atomic mass is 10.0. The van der Waals surface area contributed by atoms with Crippen LogP contribution in [-0.2, 0) is 4.74 Å². The fourth-order valence-corrected chi connectivity index (χ4v) is 2.26. The van der Waals surface area contributed by atoms with Gasteiger partial charge in [-0.1, -0.05) is 34.1 Å². The van der Waals surface area contributed by atoms with Crippen LogP contribution in [0.3, 0.4) is 0 Å². The molecule has 1 fully saturated rings. The van der Waals surface area contributed by atoms with Crippen LogP contribution in [0.25, 0.3) is 0 Å².